The Morgan fingerprint density at radius 1 is 1.10 bits per heavy atom. The van der Waals surface area contributed by atoms with Crippen molar-refractivity contribution in [3.05, 3.63) is 53.9 Å². The number of nitrogens with one attached hydrogen (secondary N) is 2. The average molecular weight is 446 g/mol. The van der Waals surface area contributed by atoms with Crippen molar-refractivity contribution in [2.45, 2.75) is 18.4 Å². The zero-order valence-corrected chi connectivity index (χ0v) is 18.0. The molecule has 0 atom stereocenters. The van der Waals surface area contributed by atoms with Crippen LogP contribution in [-0.4, -0.2) is 45.2 Å². The van der Waals surface area contributed by atoms with Gasteiger partial charge in [0.1, 0.15) is 11.5 Å². The summed E-state index contributed by atoms with van der Waals surface area (Å²) in [5.74, 6) is 0.932. The SMILES string of the molecule is CCNC(=O)c1cc(S(=O)(=O)NCc2nc(-c3ccc(OC)cc3)no2)ccc1OC. The highest BCUT2D eigenvalue weighted by atomic mass is 32.2. The number of benzene rings is 2. The fourth-order valence-electron chi connectivity index (χ4n) is 2.71. The number of hydrogen-bond donors (Lipinski definition) is 2. The van der Waals surface area contributed by atoms with Gasteiger partial charge in [0.25, 0.3) is 5.91 Å². The lowest BCUT2D eigenvalue weighted by atomic mass is 10.2. The summed E-state index contributed by atoms with van der Waals surface area (Å²) in [4.78, 5) is 16.3. The van der Waals surface area contributed by atoms with Gasteiger partial charge in [0.2, 0.25) is 21.7 Å². The van der Waals surface area contributed by atoms with Crippen molar-refractivity contribution in [3.63, 3.8) is 0 Å². The van der Waals surface area contributed by atoms with Gasteiger partial charge in [-0.2, -0.15) is 4.98 Å². The van der Waals surface area contributed by atoms with E-state index in [1.807, 2.05) is 0 Å². The van der Waals surface area contributed by atoms with Crippen LogP contribution < -0.4 is 19.5 Å². The molecule has 0 fully saturated rings. The maximum atomic E-state index is 12.7. The first kappa shape index (κ1) is 22.2. The first-order valence-electron chi connectivity index (χ1n) is 9.31. The van der Waals surface area contributed by atoms with Crippen molar-refractivity contribution in [3.8, 4) is 22.9 Å². The first-order valence-corrected chi connectivity index (χ1v) is 10.8. The summed E-state index contributed by atoms with van der Waals surface area (Å²) in [6.45, 7) is 1.94. The van der Waals surface area contributed by atoms with Gasteiger partial charge in [-0.3, -0.25) is 4.79 Å². The van der Waals surface area contributed by atoms with E-state index in [1.54, 1.807) is 38.3 Å². The van der Waals surface area contributed by atoms with Crippen LogP contribution in [-0.2, 0) is 16.6 Å². The van der Waals surface area contributed by atoms with Crippen LogP contribution in [0.5, 0.6) is 11.5 Å². The third-order valence-corrected chi connectivity index (χ3v) is 5.69. The Morgan fingerprint density at radius 3 is 2.48 bits per heavy atom. The highest BCUT2D eigenvalue weighted by molar-refractivity contribution is 7.89. The van der Waals surface area contributed by atoms with Crippen LogP contribution in [0.2, 0.25) is 0 Å². The Labute approximate surface area is 179 Å². The lowest BCUT2D eigenvalue weighted by molar-refractivity contribution is 0.0952. The number of amides is 1. The Balaban J connectivity index is 1.75. The van der Waals surface area contributed by atoms with E-state index in [0.29, 0.717) is 23.7 Å². The van der Waals surface area contributed by atoms with E-state index in [4.69, 9.17) is 14.0 Å². The summed E-state index contributed by atoms with van der Waals surface area (Å²) < 4.78 is 43.2. The number of ether oxygens (including phenoxy) is 2. The molecule has 3 aromatic rings. The second kappa shape index (κ2) is 9.58. The van der Waals surface area contributed by atoms with Gasteiger partial charge in [-0.05, 0) is 49.4 Å². The molecule has 0 radical (unpaired) electrons. The fraction of sp³-hybridized carbons (Fsp3) is 0.250. The van der Waals surface area contributed by atoms with Crippen molar-refractivity contribution in [1.82, 2.24) is 20.2 Å². The largest absolute Gasteiger partial charge is 0.497 e. The average Bonchev–Trinajstić information content (AvgIpc) is 3.26. The molecule has 0 saturated carbocycles. The number of methoxy groups -OCH3 is 2. The van der Waals surface area contributed by atoms with Crippen LogP contribution in [0.15, 0.2) is 51.9 Å². The zero-order chi connectivity index (χ0) is 22.4. The van der Waals surface area contributed by atoms with Crippen LogP contribution in [0.4, 0.5) is 0 Å². The first-order chi connectivity index (χ1) is 14.9. The molecule has 1 aromatic heterocycles. The summed E-state index contributed by atoms with van der Waals surface area (Å²) in [7, 11) is -0.980. The number of carbonyl (C=O) groups is 1. The summed E-state index contributed by atoms with van der Waals surface area (Å²) in [6, 6.07) is 11.1. The third-order valence-electron chi connectivity index (χ3n) is 4.29. The highest BCUT2D eigenvalue weighted by Crippen LogP contribution is 2.23. The second-order valence-corrected chi connectivity index (χ2v) is 8.05. The summed E-state index contributed by atoms with van der Waals surface area (Å²) in [5, 5.41) is 6.49. The molecule has 0 bridgehead atoms. The molecule has 0 spiro atoms. The maximum absolute atomic E-state index is 12.7. The smallest absolute Gasteiger partial charge is 0.255 e. The van der Waals surface area contributed by atoms with Crippen LogP contribution in [0.3, 0.4) is 0 Å². The van der Waals surface area contributed by atoms with E-state index >= 15 is 0 Å². The molecular weight excluding hydrogens is 424 g/mol. The molecule has 1 amide bonds. The van der Waals surface area contributed by atoms with E-state index in [2.05, 4.69) is 20.2 Å². The summed E-state index contributed by atoms with van der Waals surface area (Å²) in [6.07, 6.45) is 0. The third kappa shape index (κ3) is 5.19. The number of nitrogens with zero attached hydrogens (tertiary/aromatic N) is 2. The summed E-state index contributed by atoms with van der Waals surface area (Å²) >= 11 is 0. The van der Waals surface area contributed by atoms with Gasteiger partial charge in [-0.15, -0.1) is 0 Å². The van der Waals surface area contributed by atoms with Gasteiger partial charge < -0.3 is 19.3 Å². The van der Waals surface area contributed by atoms with E-state index in [0.717, 1.165) is 0 Å². The molecule has 0 aliphatic carbocycles. The van der Waals surface area contributed by atoms with Gasteiger partial charge in [-0.1, -0.05) is 5.16 Å². The van der Waals surface area contributed by atoms with Crippen molar-refractivity contribution in [1.29, 1.82) is 0 Å². The van der Waals surface area contributed by atoms with Gasteiger partial charge in [0.15, 0.2) is 0 Å². The monoisotopic (exact) mass is 446 g/mol. The molecule has 0 unspecified atom stereocenters. The van der Waals surface area contributed by atoms with Crippen molar-refractivity contribution < 1.29 is 27.2 Å². The van der Waals surface area contributed by atoms with Crippen molar-refractivity contribution in [2.75, 3.05) is 20.8 Å². The van der Waals surface area contributed by atoms with E-state index in [1.165, 1.54) is 25.3 Å². The van der Waals surface area contributed by atoms with Crippen molar-refractivity contribution in [2.24, 2.45) is 0 Å². The number of carbonyl (C=O) groups excluding carboxylic acids is 1. The molecule has 10 nitrogen and oxygen atoms in total. The van der Waals surface area contributed by atoms with Gasteiger partial charge in [-0.25, -0.2) is 13.1 Å². The Kier molecular flexibility index (Phi) is 6.88. The molecule has 3 rings (SSSR count). The minimum atomic E-state index is -3.95. The zero-order valence-electron chi connectivity index (χ0n) is 17.2. The normalized spacial score (nSPS) is 11.2. The second-order valence-electron chi connectivity index (χ2n) is 6.29. The van der Waals surface area contributed by atoms with E-state index in [-0.39, 0.29) is 28.6 Å². The van der Waals surface area contributed by atoms with E-state index < -0.39 is 15.9 Å². The number of sulfonamides is 1. The predicted octanol–water partition coefficient (Wildman–Crippen LogP) is 1.98. The van der Waals surface area contributed by atoms with Crippen LogP contribution in [0.1, 0.15) is 23.2 Å². The number of rotatable bonds is 9. The van der Waals surface area contributed by atoms with Crippen LogP contribution in [0.25, 0.3) is 11.4 Å². The molecule has 0 aliphatic rings. The van der Waals surface area contributed by atoms with Gasteiger partial charge in [0.05, 0.1) is 31.2 Å². The Morgan fingerprint density at radius 2 is 1.84 bits per heavy atom. The van der Waals surface area contributed by atoms with Gasteiger partial charge in [0, 0.05) is 12.1 Å². The minimum absolute atomic E-state index is 0.0897. The fourth-order valence-corrected chi connectivity index (χ4v) is 3.71. The lowest BCUT2D eigenvalue weighted by Gasteiger charge is -2.11. The standard InChI is InChI=1S/C20H22N4O6S/c1-4-21-20(25)16-11-15(9-10-17(16)29-3)31(26,27)22-12-18-23-19(24-30-18)13-5-7-14(28-2)8-6-13/h5-11,22H,4,12H2,1-3H3,(H,21,25). The number of aromatic nitrogens is 2. The van der Waals surface area contributed by atoms with Crippen LogP contribution >= 0.6 is 0 Å². The molecule has 164 valence electrons. The maximum Gasteiger partial charge on any atom is 0.255 e. The predicted molar refractivity (Wildman–Crippen MR) is 111 cm³/mol. The molecule has 0 aliphatic heterocycles. The Hall–Kier alpha value is -3.44. The molecule has 2 aromatic carbocycles. The quantitative estimate of drug-likeness (QED) is 0.510. The molecule has 31 heavy (non-hydrogen) atoms. The molecule has 1 heterocycles. The number of hydrogen-bond acceptors (Lipinski definition) is 8. The molecular formula is C20H22N4O6S. The highest BCUT2D eigenvalue weighted by Gasteiger charge is 2.20. The minimum Gasteiger partial charge on any atom is -0.497 e. The lowest BCUT2D eigenvalue weighted by Crippen LogP contribution is -2.26. The molecule has 2 N–H and O–H groups in total. The molecule has 0 saturated heterocycles. The van der Waals surface area contributed by atoms with E-state index in [9.17, 15) is 13.2 Å². The topological polar surface area (TPSA) is 133 Å². The Bertz CT molecular complexity index is 1160. The molecule has 11 heteroatoms. The van der Waals surface area contributed by atoms with Crippen molar-refractivity contribution >= 4 is 15.9 Å². The van der Waals surface area contributed by atoms with Crippen LogP contribution in [0, 0.1) is 0 Å². The van der Waals surface area contributed by atoms with Gasteiger partial charge >= 0.3 is 0 Å². The summed E-state index contributed by atoms with van der Waals surface area (Å²) in [5.41, 5.74) is 0.812.